The molecule has 0 heterocycles. The number of phosphoric ester groups is 1. The lowest BCUT2D eigenvalue weighted by molar-refractivity contribution is 0.229. The molecule has 2 aliphatic carbocycles. The summed E-state index contributed by atoms with van der Waals surface area (Å²) in [5, 5.41) is 0. The van der Waals surface area contributed by atoms with Crippen LogP contribution in [0, 0.1) is 0 Å². The van der Waals surface area contributed by atoms with Gasteiger partial charge in [-0.15, -0.1) is 0 Å². The van der Waals surface area contributed by atoms with Crippen LogP contribution >= 0.6 is 15.6 Å². The van der Waals surface area contributed by atoms with Gasteiger partial charge in [-0.2, -0.15) is 4.31 Å². The van der Waals surface area contributed by atoms with E-state index < -0.39 is 15.6 Å². The van der Waals surface area contributed by atoms with Crippen molar-refractivity contribution in [2.24, 2.45) is 0 Å². The molecule has 1 atom stereocenters. The molecule has 0 fully saturated rings. The monoisotopic (exact) mass is 474 g/mol. The number of hydrogen-bond donors (Lipinski definition) is 3. The van der Waals surface area contributed by atoms with Crippen LogP contribution in [0.15, 0.2) is 78.9 Å². The first kappa shape index (κ1) is 22.9. The van der Waals surface area contributed by atoms with Gasteiger partial charge in [0.2, 0.25) is 0 Å². The molecule has 0 amide bonds. The maximum atomic E-state index is 11.0. The molecule has 0 bridgehead atoms. The molecule has 7 nitrogen and oxygen atoms in total. The summed E-state index contributed by atoms with van der Waals surface area (Å²) >= 11 is 0. The lowest BCUT2D eigenvalue weighted by atomic mass is 9.77. The Bertz CT molecular complexity index is 1140. The smallest absolute Gasteiger partial charge is 0.404 e. The quantitative estimate of drug-likeness (QED) is 0.449. The Morgan fingerprint density at radius 1 is 0.688 bits per heavy atom. The summed E-state index contributed by atoms with van der Waals surface area (Å²) in [5.41, 5.74) is 6.70. The molecule has 1 unspecified atom stereocenters. The van der Waals surface area contributed by atoms with Gasteiger partial charge >= 0.3 is 15.6 Å². The van der Waals surface area contributed by atoms with Crippen LogP contribution in [0.1, 0.15) is 35.1 Å². The molecule has 0 aromatic heterocycles. The van der Waals surface area contributed by atoms with Gasteiger partial charge in [0.1, 0.15) is 5.75 Å². The van der Waals surface area contributed by atoms with E-state index in [2.05, 4.69) is 57.4 Å². The fourth-order valence-corrected chi connectivity index (χ4v) is 6.28. The molecule has 0 saturated heterocycles. The summed E-state index contributed by atoms with van der Waals surface area (Å²) in [6.07, 6.45) is 5.13. The van der Waals surface area contributed by atoms with Crippen LogP contribution in [0.25, 0.3) is 0 Å². The second-order valence-electron chi connectivity index (χ2n) is 7.84. The van der Waals surface area contributed by atoms with E-state index in [-0.39, 0.29) is 5.75 Å². The van der Waals surface area contributed by atoms with Gasteiger partial charge in [-0.3, -0.25) is 4.89 Å². The third kappa shape index (κ3) is 5.05. The average molecular weight is 474 g/mol. The minimum absolute atomic E-state index is 0.0308. The summed E-state index contributed by atoms with van der Waals surface area (Å²) in [6, 6.07) is 25.4. The van der Waals surface area contributed by atoms with E-state index in [1.54, 1.807) is 28.3 Å². The maximum Gasteiger partial charge on any atom is 0.536 e. The van der Waals surface area contributed by atoms with Gasteiger partial charge < -0.3 is 14.3 Å². The molecule has 32 heavy (non-hydrogen) atoms. The van der Waals surface area contributed by atoms with Crippen LogP contribution in [0.3, 0.4) is 0 Å². The zero-order chi connectivity index (χ0) is 22.8. The van der Waals surface area contributed by atoms with Gasteiger partial charge in [0, 0.05) is 5.41 Å². The molecule has 3 aromatic carbocycles. The van der Waals surface area contributed by atoms with Crippen LogP contribution in [-0.2, 0) is 31.7 Å². The largest absolute Gasteiger partial charge is 0.536 e. The summed E-state index contributed by atoms with van der Waals surface area (Å²) in [7, 11) is -9.86. The third-order valence-electron chi connectivity index (χ3n) is 5.88. The highest BCUT2D eigenvalue weighted by atomic mass is 31.3. The molecule has 0 aliphatic heterocycles. The lowest BCUT2D eigenvalue weighted by Gasteiger charge is -2.26. The Hall–Kier alpha value is -2.24. The number of hydrogen-bond acceptors (Lipinski definition) is 4. The van der Waals surface area contributed by atoms with Gasteiger partial charge in [0.05, 0.1) is 0 Å². The highest BCUT2D eigenvalue weighted by Gasteiger charge is 2.44. The number of aryl methyl sites for hydroxylation is 2. The van der Waals surface area contributed by atoms with Crippen LogP contribution in [0.2, 0.25) is 0 Å². The second-order valence-corrected chi connectivity index (χ2v) is 10.6. The van der Waals surface area contributed by atoms with E-state index in [4.69, 9.17) is 14.7 Å². The molecule has 0 radical (unpaired) electrons. The molecule has 3 N–H and O–H groups in total. The molecule has 168 valence electrons. The fourth-order valence-electron chi connectivity index (χ4n) is 4.68. The number of benzene rings is 3. The van der Waals surface area contributed by atoms with Crippen molar-refractivity contribution in [2.75, 3.05) is 0 Å². The summed E-state index contributed by atoms with van der Waals surface area (Å²) in [5.74, 6) is -0.0308. The highest BCUT2D eigenvalue weighted by Crippen LogP contribution is 2.57. The highest BCUT2D eigenvalue weighted by molar-refractivity contribution is 7.60. The topological polar surface area (TPSA) is 113 Å². The third-order valence-corrected chi connectivity index (χ3v) is 8.00. The molecular weight excluding hydrogens is 450 g/mol. The maximum absolute atomic E-state index is 11.0. The molecule has 9 heteroatoms. The Labute approximate surface area is 186 Å². The van der Waals surface area contributed by atoms with Crippen molar-refractivity contribution in [3.05, 3.63) is 101 Å². The summed E-state index contributed by atoms with van der Waals surface area (Å²) in [6.45, 7) is 0. The van der Waals surface area contributed by atoms with Crippen LogP contribution in [0.5, 0.6) is 5.75 Å². The molecule has 5 rings (SSSR count). The molecule has 2 aliphatic rings. The minimum atomic E-state index is -5.06. The zero-order valence-corrected chi connectivity index (χ0v) is 19.0. The van der Waals surface area contributed by atoms with Crippen LogP contribution in [-0.4, -0.2) is 14.7 Å². The Morgan fingerprint density at radius 2 is 1.16 bits per heavy atom. The second kappa shape index (κ2) is 8.95. The van der Waals surface area contributed by atoms with Crippen LogP contribution in [0.4, 0.5) is 0 Å². The van der Waals surface area contributed by atoms with E-state index >= 15 is 0 Å². The van der Waals surface area contributed by atoms with Gasteiger partial charge in [-0.25, -0.2) is 9.13 Å². The van der Waals surface area contributed by atoms with Crippen molar-refractivity contribution in [3.63, 3.8) is 0 Å². The molecule has 0 saturated carbocycles. The average Bonchev–Trinajstić information content (AvgIpc) is 3.30. The predicted octanol–water partition coefficient (Wildman–Crippen LogP) is 5.14. The van der Waals surface area contributed by atoms with E-state index in [0.717, 1.165) is 0 Å². The predicted molar refractivity (Wildman–Crippen MR) is 120 cm³/mol. The van der Waals surface area contributed by atoms with Crippen molar-refractivity contribution < 1.29 is 32.6 Å². The fraction of sp³-hybridized carbons (Fsp3) is 0.217. The van der Waals surface area contributed by atoms with Gasteiger partial charge in [-0.05, 0) is 60.1 Å². The molecule has 3 aromatic rings. The zero-order valence-electron chi connectivity index (χ0n) is 17.2. The Kier molecular flexibility index (Phi) is 6.42. The van der Waals surface area contributed by atoms with Gasteiger partial charge in [0.25, 0.3) is 0 Å². The van der Waals surface area contributed by atoms with E-state index in [9.17, 15) is 9.13 Å². The summed E-state index contributed by atoms with van der Waals surface area (Å²) in [4.78, 5) is 25.5. The number of phosphoric acid groups is 2. The van der Waals surface area contributed by atoms with Crippen molar-refractivity contribution in [1.29, 1.82) is 0 Å². The normalized spacial score (nSPS) is 17.6. The van der Waals surface area contributed by atoms with Crippen molar-refractivity contribution in [1.82, 2.24) is 0 Å². The molecule has 1 spiro atoms. The lowest BCUT2D eigenvalue weighted by Crippen LogP contribution is -2.20. The SMILES string of the molecule is O=P(O)(O)OP(=O)(O)Oc1ccccc1.c1ccc2c(c1)CCC21CCc2ccccc21. The number of fused-ring (bicyclic) bond motifs is 4. The molecular formula is C23H24O7P2. The minimum Gasteiger partial charge on any atom is -0.404 e. The van der Waals surface area contributed by atoms with Gasteiger partial charge in [-0.1, -0.05) is 66.7 Å². The Morgan fingerprint density at radius 3 is 1.66 bits per heavy atom. The first-order valence-corrected chi connectivity index (χ1v) is 13.2. The number of rotatable bonds is 4. The van der Waals surface area contributed by atoms with E-state index in [0.29, 0.717) is 5.41 Å². The van der Waals surface area contributed by atoms with Crippen molar-refractivity contribution in [2.45, 2.75) is 31.1 Å². The Balaban J connectivity index is 0.000000155. The van der Waals surface area contributed by atoms with E-state index in [1.807, 2.05) is 0 Å². The standard InChI is InChI=1S/C17H16.C6H8O7P2/c1-3-7-15-13(5-1)9-11-17(15)12-10-14-6-2-4-8-16(14)17;7-14(8,9)13-15(10,11)12-6-4-2-1-3-5-6/h1-8H,9-12H2;1-5H,(H,10,11)(H2,7,8,9). The number of para-hydroxylation sites is 1. The van der Waals surface area contributed by atoms with E-state index in [1.165, 1.54) is 49.9 Å². The van der Waals surface area contributed by atoms with Crippen molar-refractivity contribution in [3.8, 4) is 5.75 Å². The first-order chi connectivity index (χ1) is 15.2. The van der Waals surface area contributed by atoms with Crippen LogP contribution < -0.4 is 4.52 Å². The van der Waals surface area contributed by atoms with Gasteiger partial charge in [0.15, 0.2) is 0 Å². The van der Waals surface area contributed by atoms with Crippen molar-refractivity contribution >= 4 is 15.6 Å². The summed E-state index contributed by atoms with van der Waals surface area (Å²) < 4.78 is 29.3. The first-order valence-electron chi connectivity index (χ1n) is 10.2.